The van der Waals surface area contributed by atoms with Gasteiger partial charge in [-0.1, -0.05) is 24.3 Å². The fourth-order valence-corrected chi connectivity index (χ4v) is 2.73. The molecule has 0 aliphatic heterocycles. The van der Waals surface area contributed by atoms with Gasteiger partial charge in [0.05, 0.1) is 13.7 Å². The summed E-state index contributed by atoms with van der Waals surface area (Å²) in [4.78, 5) is 1.26. The number of thioether (sulfide) groups is 1. The third-order valence-electron chi connectivity index (χ3n) is 3.01. The van der Waals surface area contributed by atoms with Crippen molar-refractivity contribution in [2.45, 2.75) is 11.3 Å². The average Bonchev–Trinajstić information content (AvgIpc) is 2.53. The fraction of sp³-hybridized carbons (Fsp3) is 0.294. The lowest BCUT2D eigenvalue weighted by atomic mass is 10.1. The number of hydrogen-bond donors (Lipinski definition) is 1. The Morgan fingerprint density at radius 3 is 2.57 bits per heavy atom. The molecule has 112 valence electrons. The van der Waals surface area contributed by atoms with Crippen molar-refractivity contribution in [3.8, 4) is 11.5 Å². The highest BCUT2D eigenvalue weighted by Gasteiger charge is 2.05. The van der Waals surface area contributed by atoms with Crippen molar-refractivity contribution in [3.63, 3.8) is 0 Å². The van der Waals surface area contributed by atoms with Crippen molar-refractivity contribution in [3.05, 3.63) is 54.1 Å². The Morgan fingerprint density at radius 2 is 1.86 bits per heavy atom. The second-order valence-electron chi connectivity index (χ2n) is 4.53. The molecule has 0 aliphatic carbocycles. The standard InChI is InChI=1S/C17H21NO2S/c1-19-17-13-14(9-10-18)7-8-16(17)20-11-12-21-15-5-3-2-4-6-15/h2-8,13H,9-12,18H2,1H3. The zero-order chi connectivity index (χ0) is 14.9. The molecule has 0 unspecified atom stereocenters. The van der Waals surface area contributed by atoms with E-state index in [1.54, 1.807) is 18.9 Å². The Kier molecular flexibility index (Phi) is 6.44. The van der Waals surface area contributed by atoms with Gasteiger partial charge in [0.15, 0.2) is 11.5 Å². The number of rotatable bonds is 8. The molecule has 21 heavy (non-hydrogen) atoms. The largest absolute Gasteiger partial charge is 0.493 e. The van der Waals surface area contributed by atoms with Crippen molar-refractivity contribution in [1.82, 2.24) is 0 Å². The smallest absolute Gasteiger partial charge is 0.161 e. The topological polar surface area (TPSA) is 44.5 Å². The van der Waals surface area contributed by atoms with E-state index in [-0.39, 0.29) is 0 Å². The van der Waals surface area contributed by atoms with Gasteiger partial charge in [0, 0.05) is 10.6 Å². The van der Waals surface area contributed by atoms with E-state index in [0.29, 0.717) is 13.2 Å². The van der Waals surface area contributed by atoms with Gasteiger partial charge in [-0.15, -0.1) is 11.8 Å². The summed E-state index contributed by atoms with van der Waals surface area (Å²) < 4.78 is 11.2. The lowest BCUT2D eigenvalue weighted by Gasteiger charge is -2.12. The van der Waals surface area contributed by atoms with Gasteiger partial charge in [-0.05, 0) is 42.8 Å². The minimum atomic E-state index is 0.636. The van der Waals surface area contributed by atoms with Crippen LogP contribution in [0.25, 0.3) is 0 Å². The number of nitrogens with two attached hydrogens (primary N) is 1. The van der Waals surface area contributed by atoms with E-state index in [2.05, 4.69) is 12.1 Å². The molecule has 0 radical (unpaired) electrons. The van der Waals surface area contributed by atoms with Crippen LogP contribution in [0, 0.1) is 0 Å². The van der Waals surface area contributed by atoms with Crippen molar-refractivity contribution in [1.29, 1.82) is 0 Å². The lowest BCUT2D eigenvalue weighted by molar-refractivity contribution is 0.313. The molecule has 0 saturated heterocycles. The van der Waals surface area contributed by atoms with Crippen molar-refractivity contribution in [2.75, 3.05) is 26.0 Å². The molecule has 4 heteroatoms. The summed E-state index contributed by atoms with van der Waals surface area (Å²) in [5.74, 6) is 2.45. The molecule has 2 N–H and O–H groups in total. The van der Waals surface area contributed by atoms with Gasteiger partial charge in [0.1, 0.15) is 0 Å². The van der Waals surface area contributed by atoms with Gasteiger partial charge in [-0.2, -0.15) is 0 Å². The van der Waals surface area contributed by atoms with Crippen molar-refractivity contribution >= 4 is 11.8 Å². The first kappa shape index (κ1) is 15.7. The van der Waals surface area contributed by atoms with Crippen LogP contribution < -0.4 is 15.2 Å². The summed E-state index contributed by atoms with van der Waals surface area (Å²) in [6.45, 7) is 1.28. The molecule has 3 nitrogen and oxygen atoms in total. The van der Waals surface area contributed by atoms with Gasteiger partial charge >= 0.3 is 0 Å². The van der Waals surface area contributed by atoms with Crippen molar-refractivity contribution in [2.24, 2.45) is 5.73 Å². The van der Waals surface area contributed by atoms with Crippen LogP contribution >= 0.6 is 11.8 Å². The predicted molar refractivity (Wildman–Crippen MR) is 88.4 cm³/mol. The van der Waals surface area contributed by atoms with E-state index in [1.165, 1.54) is 10.5 Å². The molecular weight excluding hydrogens is 282 g/mol. The third-order valence-corrected chi connectivity index (χ3v) is 3.99. The minimum Gasteiger partial charge on any atom is -0.493 e. The summed E-state index contributed by atoms with van der Waals surface area (Å²) in [5.41, 5.74) is 6.74. The molecular formula is C17H21NO2S. The molecule has 2 aromatic rings. The van der Waals surface area contributed by atoms with Crippen LogP contribution in [0.2, 0.25) is 0 Å². The molecule has 0 aromatic heterocycles. The highest BCUT2D eigenvalue weighted by atomic mass is 32.2. The van der Waals surface area contributed by atoms with Crippen LogP contribution in [0.5, 0.6) is 11.5 Å². The molecule has 0 heterocycles. The van der Waals surface area contributed by atoms with Crippen LogP contribution in [0.3, 0.4) is 0 Å². The second kappa shape index (κ2) is 8.60. The predicted octanol–water partition coefficient (Wildman–Crippen LogP) is 3.37. The molecule has 0 saturated carbocycles. The first-order valence-electron chi connectivity index (χ1n) is 7.01. The van der Waals surface area contributed by atoms with Crippen molar-refractivity contribution < 1.29 is 9.47 Å². The molecule has 0 amide bonds. The van der Waals surface area contributed by atoms with Gasteiger partial charge < -0.3 is 15.2 Å². The van der Waals surface area contributed by atoms with Gasteiger partial charge in [-0.3, -0.25) is 0 Å². The third kappa shape index (κ3) is 4.99. The molecule has 0 bridgehead atoms. The number of hydrogen-bond acceptors (Lipinski definition) is 4. The summed E-state index contributed by atoms with van der Waals surface area (Å²) in [5, 5.41) is 0. The van der Waals surface area contributed by atoms with E-state index in [4.69, 9.17) is 15.2 Å². The summed E-state index contributed by atoms with van der Waals surface area (Å²) in [6.07, 6.45) is 0.848. The molecule has 0 spiro atoms. The zero-order valence-corrected chi connectivity index (χ0v) is 13.1. The van der Waals surface area contributed by atoms with E-state index in [9.17, 15) is 0 Å². The number of methoxy groups -OCH3 is 1. The maximum Gasteiger partial charge on any atom is 0.161 e. The van der Waals surface area contributed by atoms with Crippen LogP contribution in [-0.4, -0.2) is 26.0 Å². The van der Waals surface area contributed by atoms with E-state index < -0.39 is 0 Å². The Balaban J connectivity index is 1.85. The Labute approximate surface area is 130 Å². The maximum atomic E-state index is 5.81. The van der Waals surface area contributed by atoms with Gasteiger partial charge in [-0.25, -0.2) is 0 Å². The first-order valence-corrected chi connectivity index (χ1v) is 7.99. The molecule has 0 aliphatic rings. The Morgan fingerprint density at radius 1 is 1.05 bits per heavy atom. The lowest BCUT2D eigenvalue weighted by Crippen LogP contribution is -2.04. The van der Waals surface area contributed by atoms with E-state index >= 15 is 0 Å². The van der Waals surface area contributed by atoms with Crippen LogP contribution in [0.4, 0.5) is 0 Å². The van der Waals surface area contributed by atoms with E-state index in [0.717, 1.165) is 23.7 Å². The minimum absolute atomic E-state index is 0.636. The highest BCUT2D eigenvalue weighted by Crippen LogP contribution is 2.28. The SMILES string of the molecule is COc1cc(CCN)ccc1OCCSc1ccccc1. The quantitative estimate of drug-likeness (QED) is 0.600. The fourth-order valence-electron chi connectivity index (χ4n) is 1.98. The highest BCUT2D eigenvalue weighted by molar-refractivity contribution is 7.99. The van der Waals surface area contributed by atoms with Crippen LogP contribution in [-0.2, 0) is 6.42 Å². The van der Waals surface area contributed by atoms with Gasteiger partial charge in [0.25, 0.3) is 0 Å². The molecule has 2 aromatic carbocycles. The Bertz CT molecular complexity index is 546. The normalized spacial score (nSPS) is 10.4. The summed E-state index contributed by atoms with van der Waals surface area (Å²) in [6, 6.07) is 16.3. The number of ether oxygens (including phenoxy) is 2. The van der Waals surface area contributed by atoms with E-state index in [1.807, 2.05) is 36.4 Å². The Hall–Kier alpha value is -1.65. The summed E-state index contributed by atoms with van der Waals surface area (Å²) >= 11 is 1.78. The van der Waals surface area contributed by atoms with Crippen LogP contribution in [0.15, 0.2) is 53.4 Å². The first-order chi connectivity index (χ1) is 10.3. The monoisotopic (exact) mass is 303 g/mol. The molecule has 2 rings (SSSR count). The molecule has 0 fully saturated rings. The van der Waals surface area contributed by atoms with Crippen LogP contribution in [0.1, 0.15) is 5.56 Å². The molecule has 0 atom stereocenters. The average molecular weight is 303 g/mol. The number of benzene rings is 2. The zero-order valence-electron chi connectivity index (χ0n) is 12.2. The maximum absolute atomic E-state index is 5.81. The summed E-state index contributed by atoms with van der Waals surface area (Å²) in [7, 11) is 1.66. The second-order valence-corrected chi connectivity index (χ2v) is 5.70. The van der Waals surface area contributed by atoms with Gasteiger partial charge in [0.2, 0.25) is 0 Å².